The summed E-state index contributed by atoms with van der Waals surface area (Å²) in [6, 6.07) is 13.8. The zero-order chi connectivity index (χ0) is 29.2. The second-order valence-corrected chi connectivity index (χ2v) is 13.4. The van der Waals surface area contributed by atoms with Crippen molar-refractivity contribution in [1.82, 2.24) is 9.21 Å². The van der Waals surface area contributed by atoms with Crippen LogP contribution in [0.5, 0.6) is 0 Å². The quantitative estimate of drug-likeness (QED) is 0.536. The number of amides is 1. The number of carboxylic acids is 1. The number of carbonyl (C=O) groups excluding carboxylic acids is 1. The van der Waals surface area contributed by atoms with Gasteiger partial charge in [0.1, 0.15) is 4.91 Å². The van der Waals surface area contributed by atoms with Crippen LogP contribution in [0.15, 0.2) is 48.5 Å². The number of aliphatic carboxylic acids is 1. The molecule has 0 unspecified atom stereocenters. The molecule has 214 valence electrons. The van der Waals surface area contributed by atoms with Gasteiger partial charge in [0.2, 0.25) is 0 Å². The van der Waals surface area contributed by atoms with E-state index in [-0.39, 0.29) is 4.91 Å². The van der Waals surface area contributed by atoms with Crippen molar-refractivity contribution in [3.63, 3.8) is 0 Å². The van der Waals surface area contributed by atoms with Crippen molar-refractivity contribution in [1.29, 1.82) is 0 Å². The van der Waals surface area contributed by atoms with E-state index in [0.717, 1.165) is 27.8 Å². The Bertz CT molecular complexity index is 1320. The maximum atomic E-state index is 13.0. The predicted octanol–water partition coefficient (Wildman–Crippen LogP) is 4.26. The van der Waals surface area contributed by atoms with Gasteiger partial charge in [-0.1, -0.05) is 30.3 Å². The van der Waals surface area contributed by atoms with E-state index < -0.39 is 39.2 Å². The minimum Gasteiger partial charge on any atom is -0.475 e. The Hall–Kier alpha value is -2.74. The first kappa shape index (κ1) is 30.8. The van der Waals surface area contributed by atoms with Gasteiger partial charge in [0.25, 0.3) is 15.9 Å². The van der Waals surface area contributed by atoms with Gasteiger partial charge in [-0.25, -0.2) is 17.5 Å². The molecule has 0 saturated carbocycles. The van der Waals surface area contributed by atoms with E-state index in [1.807, 2.05) is 24.3 Å². The number of aliphatic hydroxyl groups is 1. The van der Waals surface area contributed by atoms with E-state index in [0.29, 0.717) is 30.7 Å². The van der Waals surface area contributed by atoms with E-state index in [1.54, 1.807) is 26.8 Å². The van der Waals surface area contributed by atoms with E-state index in [4.69, 9.17) is 9.90 Å². The third-order valence-corrected chi connectivity index (χ3v) is 9.61. The van der Waals surface area contributed by atoms with Gasteiger partial charge in [0, 0.05) is 41.9 Å². The molecule has 0 atom stereocenters. The van der Waals surface area contributed by atoms with Gasteiger partial charge in [-0.3, -0.25) is 9.69 Å². The Balaban J connectivity index is 0.000000532. The summed E-state index contributed by atoms with van der Waals surface area (Å²) in [6.45, 7) is 7.43. The van der Waals surface area contributed by atoms with E-state index in [1.165, 1.54) is 17.4 Å². The zero-order valence-corrected chi connectivity index (χ0v) is 23.4. The van der Waals surface area contributed by atoms with Gasteiger partial charge >= 0.3 is 12.1 Å². The van der Waals surface area contributed by atoms with Gasteiger partial charge in [-0.2, -0.15) is 13.2 Å². The Morgan fingerprint density at radius 3 is 2.10 bits per heavy atom. The van der Waals surface area contributed by atoms with Crippen LogP contribution >= 0.6 is 11.3 Å². The first-order chi connectivity index (χ1) is 17.9. The molecule has 2 aliphatic heterocycles. The summed E-state index contributed by atoms with van der Waals surface area (Å²) in [5, 5.41) is 18.1. The predicted molar refractivity (Wildman–Crippen MR) is 141 cm³/mol. The number of hydrogen-bond donors (Lipinski definition) is 2. The summed E-state index contributed by atoms with van der Waals surface area (Å²) in [5.74, 6) is -3.25. The molecule has 13 heteroatoms. The first-order valence-electron chi connectivity index (χ1n) is 12.1. The molecule has 2 aromatic rings. The van der Waals surface area contributed by atoms with Gasteiger partial charge in [0.15, 0.2) is 0 Å². The van der Waals surface area contributed by atoms with Crippen LogP contribution in [-0.2, 0) is 32.6 Å². The third kappa shape index (κ3) is 7.68. The standard InChI is InChI=1S/C24H30N2O4S2.C2HF3O2/c1-23(2,3)26-22(27)15-21(32(26,29)30)20-10-9-19(31-20)17-25-13-11-24(28,12-14-25)16-18-7-5-4-6-8-18;3-2(4,5)1(6)7/h4-10,15,28H,11-14,16-17H2,1-3H3;(H,6,7). The van der Waals surface area contributed by atoms with Gasteiger partial charge in [-0.05, 0) is 51.3 Å². The lowest BCUT2D eigenvalue weighted by Gasteiger charge is -2.38. The average molecular weight is 589 g/mol. The summed E-state index contributed by atoms with van der Waals surface area (Å²) >= 11 is 1.41. The molecule has 1 amide bonds. The number of alkyl halides is 3. The van der Waals surface area contributed by atoms with E-state index in [9.17, 15) is 31.5 Å². The number of halogens is 3. The number of thiophene rings is 1. The fourth-order valence-corrected chi connectivity index (χ4v) is 7.63. The average Bonchev–Trinajstić information content (AvgIpc) is 3.36. The monoisotopic (exact) mass is 588 g/mol. The number of likely N-dealkylation sites (tertiary alicyclic amines) is 1. The molecule has 2 aliphatic rings. The van der Waals surface area contributed by atoms with Crippen molar-refractivity contribution in [3.05, 3.63) is 63.9 Å². The van der Waals surface area contributed by atoms with Crippen molar-refractivity contribution >= 4 is 38.1 Å². The summed E-state index contributed by atoms with van der Waals surface area (Å²) in [6.07, 6.45) is -1.78. The lowest BCUT2D eigenvalue weighted by Crippen LogP contribution is -2.45. The molecular weight excluding hydrogens is 557 g/mol. The molecule has 1 aromatic heterocycles. The maximum Gasteiger partial charge on any atom is 0.490 e. The smallest absolute Gasteiger partial charge is 0.475 e. The van der Waals surface area contributed by atoms with E-state index in [2.05, 4.69) is 17.0 Å². The fourth-order valence-electron chi connectivity index (χ4n) is 4.45. The lowest BCUT2D eigenvalue weighted by atomic mass is 9.85. The van der Waals surface area contributed by atoms with Crippen molar-refractivity contribution in [2.75, 3.05) is 13.1 Å². The van der Waals surface area contributed by atoms with Crippen molar-refractivity contribution in [3.8, 4) is 0 Å². The summed E-state index contributed by atoms with van der Waals surface area (Å²) < 4.78 is 58.7. The van der Waals surface area contributed by atoms with E-state index >= 15 is 0 Å². The second-order valence-electron chi connectivity index (χ2n) is 10.5. The SMILES string of the molecule is CC(C)(C)N1C(=O)C=C(c2ccc(CN3CCC(O)(Cc4ccccc4)CC3)s2)S1(=O)=O.O=C(O)C(F)(F)F. The number of carbonyl (C=O) groups is 2. The van der Waals surface area contributed by atoms with Crippen LogP contribution in [0.2, 0.25) is 0 Å². The zero-order valence-electron chi connectivity index (χ0n) is 21.7. The van der Waals surface area contributed by atoms with Crippen LogP contribution in [0, 0.1) is 0 Å². The molecule has 8 nitrogen and oxygen atoms in total. The Kier molecular flexibility index (Phi) is 9.00. The second kappa shape index (κ2) is 11.4. The number of hydrogen-bond acceptors (Lipinski definition) is 7. The topological polar surface area (TPSA) is 115 Å². The highest BCUT2D eigenvalue weighted by atomic mass is 32.2. The lowest BCUT2D eigenvalue weighted by molar-refractivity contribution is -0.192. The number of sulfonamides is 1. The number of carboxylic acid groups (broad SMARTS) is 1. The molecule has 0 radical (unpaired) electrons. The summed E-state index contributed by atoms with van der Waals surface area (Å²) in [7, 11) is -3.84. The molecule has 0 aliphatic carbocycles. The first-order valence-corrected chi connectivity index (χ1v) is 14.4. The highest BCUT2D eigenvalue weighted by Crippen LogP contribution is 2.38. The minimum atomic E-state index is -5.08. The van der Waals surface area contributed by atoms with Crippen LogP contribution in [0.1, 0.15) is 48.9 Å². The molecule has 0 bridgehead atoms. The molecule has 1 saturated heterocycles. The molecule has 39 heavy (non-hydrogen) atoms. The number of benzene rings is 1. The number of piperidine rings is 1. The van der Waals surface area contributed by atoms with Gasteiger partial charge in [-0.15, -0.1) is 11.3 Å². The normalized spacial score (nSPS) is 19.3. The molecule has 1 aromatic carbocycles. The van der Waals surface area contributed by atoms with Crippen LogP contribution in [0.3, 0.4) is 0 Å². The van der Waals surface area contributed by atoms with Gasteiger partial charge in [0.05, 0.1) is 11.1 Å². The number of nitrogens with zero attached hydrogens (tertiary/aromatic N) is 2. The summed E-state index contributed by atoms with van der Waals surface area (Å²) in [4.78, 5) is 25.3. The molecule has 2 N–H and O–H groups in total. The Labute approximate surface area is 229 Å². The van der Waals surface area contributed by atoms with Crippen LogP contribution in [0.25, 0.3) is 4.91 Å². The van der Waals surface area contributed by atoms with Crippen molar-refractivity contribution in [2.45, 2.75) is 63.9 Å². The Morgan fingerprint density at radius 2 is 1.62 bits per heavy atom. The maximum absolute atomic E-state index is 13.0. The largest absolute Gasteiger partial charge is 0.490 e. The molecule has 3 heterocycles. The van der Waals surface area contributed by atoms with Crippen molar-refractivity contribution < 1.29 is 41.4 Å². The highest BCUT2D eigenvalue weighted by Gasteiger charge is 2.45. The summed E-state index contributed by atoms with van der Waals surface area (Å²) in [5.41, 5.74) is -0.340. The van der Waals surface area contributed by atoms with Gasteiger partial charge < -0.3 is 10.2 Å². The van der Waals surface area contributed by atoms with Crippen LogP contribution in [-0.4, -0.2) is 70.1 Å². The molecule has 0 spiro atoms. The molecular formula is C26H31F3N2O6S2. The van der Waals surface area contributed by atoms with Crippen molar-refractivity contribution in [2.24, 2.45) is 0 Å². The highest BCUT2D eigenvalue weighted by molar-refractivity contribution is 7.99. The third-order valence-electron chi connectivity index (χ3n) is 6.27. The molecule has 1 fully saturated rings. The Morgan fingerprint density at radius 1 is 1.05 bits per heavy atom. The fraction of sp³-hybridized carbons (Fsp3) is 0.462. The number of rotatable bonds is 5. The minimum absolute atomic E-state index is 0.0876. The van der Waals surface area contributed by atoms with Crippen LogP contribution < -0.4 is 0 Å². The van der Waals surface area contributed by atoms with Crippen LogP contribution in [0.4, 0.5) is 13.2 Å². The molecule has 4 rings (SSSR count).